The number of methoxy groups -OCH3 is 2. The first kappa shape index (κ1) is 85.4. The fourth-order valence-electron chi connectivity index (χ4n) is 18.7. The third-order valence-corrected chi connectivity index (χ3v) is 25.1. The Bertz CT molecular complexity index is 2450. The molecule has 0 spiro atoms. The Labute approximate surface area is 598 Å². The van der Waals surface area contributed by atoms with Crippen LogP contribution in [-0.2, 0) is 75.9 Å². The number of fused-ring (bicyclic) bond motifs is 4. The second kappa shape index (κ2) is 33.3. The van der Waals surface area contributed by atoms with Gasteiger partial charge in [0.05, 0.1) is 107 Å². The number of rotatable bonds is 18. The molecule has 7 N–H and O–H groups in total. The van der Waals surface area contributed by atoms with Gasteiger partial charge in [-0.3, -0.25) is 9.59 Å². The van der Waals surface area contributed by atoms with Crippen LogP contribution in [0.15, 0.2) is 0 Å². The topological polar surface area (TPSA) is 311 Å². The quantitative estimate of drug-likeness (QED) is 0.0718. The van der Waals surface area contributed by atoms with E-state index in [4.69, 9.17) is 66.3 Å². The number of esters is 2. The lowest BCUT2D eigenvalue weighted by Crippen LogP contribution is -2.60. The molecule has 8 saturated heterocycles. The van der Waals surface area contributed by atoms with E-state index in [-0.39, 0.29) is 67.7 Å². The fourth-order valence-corrected chi connectivity index (χ4v) is 18.7. The molecule has 0 amide bonds. The molecule has 25 heteroatoms. The number of likely N-dealkylation sites (N-methyl/N-ethyl adjacent to an activating group) is 1. The number of nitrogens with zero attached hydrogens (tertiary/aromatic N) is 2. The third-order valence-electron chi connectivity index (χ3n) is 25.1. The Morgan fingerprint density at radius 1 is 0.510 bits per heavy atom. The Kier molecular flexibility index (Phi) is 28.4. The standard InChI is InChI=1S/C38H69NO11.C37H67NO12/c1-15-27(40)38(11,43)33-22(5)29-19(2)17-37(10,50-29)32(49-35-21(4)26(39(12)13)16-20(3)45-35)23(6)30(24(7)34(42)48-33)47-28-18-36(9,44-14)31(41)25(8)46-28;1-14-25(39)37(10,43)32-20(4)28-18(2)16-36(9,50-28)31(49-34-27(40)24(38(11)12)15-19(3)45-34)21(5)29(22(6)33(42)48-32)47-26-17-35(8,44-13)30(41)23(7)46-26/h19-33,35,40-41,43H,15-18H2,1-14H3;18-32,34,39-41,43H,14-17H2,1-13H3/t19?,20?,21?,22-,23-,24+,25?,26?,27+,28-,29?,30-,31-,32+,33+,35-,36?,37-,38+;18?,19?,20-,21-,22+,23?,24?,25+,26-,27?,28?,29-,30-,31+,32+,34-,35?,36-,37+/m00/s1. The van der Waals surface area contributed by atoms with E-state index < -0.39 is 198 Å². The number of carbonyl (C=O) groups excluding carboxylic acids is 2. The molecule has 8 aliphatic heterocycles. The van der Waals surface area contributed by atoms with Gasteiger partial charge in [-0.25, -0.2) is 0 Å². The summed E-state index contributed by atoms with van der Waals surface area (Å²) in [5, 5.41) is 79.0. The van der Waals surface area contributed by atoms with Crippen LogP contribution in [0.2, 0.25) is 0 Å². The van der Waals surface area contributed by atoms with Gasteiger partial charge in [0, 0.05) is 68.7 Å². The summed E-state index contributed by atoms with van der Waals surface area (Å²) in [5.74, 6) is -4.98. The van der Waals surface area contributed by atoms with Gasteiger partial charge in [-0.05, 0) is 162 Å². The summed E-state index contributed by atoms with van der Waals surface area (Å²) in [7, 11) is 11.1. The first-order valence-corrected chi connectivity index (χ1v) is 37.5. The minimum atomic E-state index is -1.78. The number of hydrogen-bond donors (Lipinski definition) is 7. The van der Waals surface area contributed by atoms with Gasteiger partial charge < -0.3 is 112 Å². The summed E-state index contributed by atoms with van der Waals surface area (Å²) in [6.45, 7) is 39.3. The molecule has 0 aromatic heterocycles. The zero-order valence-electron chi connectivity index (χ0n) is 65.7. The molecule has 8 fully saturated rings. The van der Waals surface area contributed by atoms with Crippen LogP contribution in [0, 0.1) is 53.3 Å². The van der Waals surface area contributed by atoms with Crippen molar-refractivity contribution in [3.8, 4) is 0 Å². The Morgan fingerprint density at radius 3 is 1.21 bits per heavy atom. The van der Waals surface area contributed by atoms with Crippen LogP contribution in [0.25, 0.3) is 0 Å². The second-order valence-corrected chi connectivity index (χ2v) is 33.9. The Morgan fingerprint density at radius 2 is 0.860 bits per heavy atom. The normalized spacial score (nSPS) is 49.6. The second-order valence-electron chi connectivity index (χ2n) is 33.9. The van der Waals surface area contributed by atoms with E-state index in [9.17, 15) is 45.3 Å². The minimum absolute atomic E-state index is 0.00450. The highest BCUT2D eigenvalue weighted by molar-refractivity contribution is 5.73. The van der Waals surface area contributed by atoms with Gasteiger partial charge in [0.25, 0.3) is 0 Å². The van der Waals surface area contributed by atoms with Crippen molar-refractivity contribution in [3.05, 3.63) is 0 Å². The first-order valence-electron chi connectivity index (χ1n) is 37.5. The van der Waals surface area contributed by atoms with E-state index in [0.29, 0.717) is 19.3 Å². The van der Waals surface area contributed by atoms with E-state index in [1.165, 1.54) is 21.0 Å². The van der Waals surface area contributed by atoms with E-state index in [2.05, 4.69) is 53.6 Å². The van der Waals surface area contributed by atoms with Crippen LogP contribution in [0.3, 0.4) is 0 Å². The highest BCUT2D eigenvalue weighted by Gasteiger charge is 2.62. The monoisotopic (exact) mass is 1430 g/mol. The molecule has 0 aromatic carbocycles. The molecule has 0 saturated carbocycles. The maximum Gasteiger partial charge on any atom is 0.311 e. The van der Waals surface area contributed by atoms with Crippen molar-refractivity contribution in [3.63, 3.8) is 0 Å². The maximum absolute atomic E-state index is 14.3. The van der Waals surface area contributed by atoms with Gasteiger partial charge in [0.2, 0.25) is 0 Å². The molecule has 100 heavy (non-hydrogen) atoms. The highest BCUT2D eigenvalue weighted by atomic mass is 16.7. The summed E-state index contributed by atoms with van der Waals surface area (Å²) in [5.41, 5.74) is -7.26. The molecule has 0 aromatic rings. The molecular weight excluding hydrogens is 1300 g/mol. The number of carbonyl (C=O) groups is 2. The average Bonchev–Trinajstić information content (AvgIpc) is 1.56. The predicted molar refractivity (Wildman–Crippen MR) is 371 cm³/mol. The molecule has 8 rings (SSSR count). The molecule has 8 heterocycles. The van der Waals surface area contributed by atoms with Gasteiger partial charge in [0.15, 0.2) is 25.2 Å². The summed E-state index contributed by atoms with van der Waals surface area (Å²) in [6.07, 6.45) is -12.3. The lowest BCUT2D eigenvalue weighted by molar-refractivity contribution is -0.318. The number of cyclic esters (lactones) is 2. The number of aliphatic hydroxyl groups is 7. The first-order chi connectivity index (χ1) is 46.2. The van der Waals surface area contributed by atoms with Crippen LogP contribution >= 0.6 is 0 Å². The molecule has 25 nitrogen and oxygen atoms in total. The number of hydrogen-bond acceptors (Lipinski definition) is 25. The van der Waals surface area contributed by atoms with E-state index >= 15 is 0 Å². The van der Waals surface area contributed by atoms with Crippen molar-refractivity contribution >= 4 is 11.9 Å². The molecule has 8 aliphatic rings. The van der Waals surface area contributed by atoms with Crippen molar-refractivity contribution in [1.29, 1.82) is 0 Å². The van der Waals surface area contributed by atoms with E-state index in [1.807, 2.05) is 67.5 Å². The van der Waals surface area contributed by atoms with Crippen LogP contribution in [0.5, 0.6) is 0 Å². The van der Waals surface area contributed by atoms with Crippen molar-refractivity contribution in [2.24, 2.45) is 53.3 Å². The van der Waals surface area contributed by atoms with Crippen LogP contribution in [0.1, 0.15) is 197 Å². The molecule has 584 valence electrons. The summed E-state index contributed by atoms with van der Waals surface area (Å²) in [6, 6.07) is 0.0185. The largest absolute Gasteiger partial charge is 0.459 e. The van der Waals surface area contributed by atoms with Crippen molar-refractivity contribution in [2.75, 3.05) is 42.4 Å². The molecule has 0 radical (unpaired) electrons. The smallest absolute Gasteiger partial charge is 0.311 e. The van der Waals surface area contributed by atoms with Gasteiger partial charge >= 0.3 is 11.9 Å². The zero-order valence-corrected chi connectivity index (χ0v) is 65.7. The van der Waals surface area contributed by atoms with Crippen molar-refractivity contribution in [1.82, 2.24) is 9.80 Å². The van der Waals surface area contributed by atoms with Crippen molar-refractivity contribution in [2.45, 2.75) is 371 Å². The van der Waals surface area contributed by atoms with Gasteiger partial charge in [0.1, 0.15) is 41.7 Å². The zero-order chi connectivity index (χ0) is 75.3. The van der Waals surface area contributed by atoms with E-state index in [1.54, 1.807) is 55.6 Å². The summed E-state index contributed by atoms with van der Waals surface area (Å²) < 4.78 is 90.9. The minimum Gasteiger partial charge on any atom is -0.459 e. The molecule has 14 unspecified atom stereocenters. The van der Waals surface area contributed by atoms with Crippen LogP contribution in [-0.4, -0.2) is 275 Å². The van der Waals surface area contributed by atoms with Gasteiger partial charge in [-0.15, -0.1) is 0 Å². The van der Waals surface area contributed by atoms with Crippen LogP contribution < -0.4 is 0 Å². The predicted octanol–water partition coefficient (Wildman–Crippen LogP) is 6.52. The summed E-state index contributed by atoms with van der Waals surface area (Å²) in [4.78, 5) is 32.8. The van der Waals surface area contributed by atoms with Gasteiger partial charge in [-0.1, -0.05) is 62.3 Å². The lowest BCUT2D eigenvalue weighted by Gasteiger charge is -2.49. The lowest BCUT2D eigenvalue weighted by atomic mass is 9.76. The molecule has 0 aliphatic carbocycles. The Hall–Kier alpha value is -1.90. The molecule has 4 bridgehead atoms. The highest BCUT2D eigenvalue weighted by Crippen LogP contribution is 2.52. The SMILES string of the molecule is CC[C@@H](O)[C@@](C)(O)[C@@H]1OC(=O)[C@H](C)[C@@H](O[C@H]2CC(C)(OC)[C@@H](O)C(C)O2)[C@H](C)[C@@H](O[C@@H]2OC(C)CC(N(C)C)C2C)[C@]2(C)CC(C)C(O2)[C@@H]1C.CC[C@@H](O)[C@@](C)(O)[C@@H]1OC(=O)[C@H](C)[C@@H](O[C@H]2CC(C)(OC)[C@@H](O)C(C)O2)[C@H](C)[C@@H](O[C@@H]2OC(C)CC(N(C)C)C2O)[C@]2(C)CC(C)C(O2)[C@@H]1C. The van der Waals surface area contributed by atoms with E-state index in [0.717, 1.165) is 6.42 Å². The van der Waals surface area contributed by atoms with Crippen molar-refractivity contribution < 1.29 is 112 Å². The average molecular weight is 1430 g/mol. The fraction of sp³-hybridized carbons (Fsp3) is 0.973. The number of aliphatic hydroxyl groups excluding tert-OH is 5. The maximum atomic E-state index is 14.3. The molecule has 38 atom stereocenters. The Balaban J connectivity index is 0.000000281. The summed E-state index contributed by atoms with van der Waals surface area (Å²) >= 11 is 0. The molecular formula is C75H136N2O23. The van der Waals surface area contributed by atoms with Gasteiger partial charge in [-0.2, -0.15) is 0 Å². The third kappa shape index (κ3) is 17.6. The number of ether oxygens (including phenoxy) is 14. The van der Waals surface area contributed by atoms with Crippen LogP contribution in [0.4, 0.5) is 0 Å².